The lowest BCUT2D eigenvalue weighted by molar-refractivity contribution is -0.139. The van der Waals surface area contributed by atoms with Gasteiger partial charge in [0.25, 0.3) is 0 Å². The summed E-state index contributed by atoms with van der Waals surface area (Å²) in [6.07, 6.45) is 7.89. The maximum atomic E-state index is 11.9. The summed E-state index contributed by atoms with van der Waals surface area (Å²) >= 11 is 0. The van der Waals surface area contributed by atoms with Gasteiger partial charge in [0.15, 0.2) is 0 Å². The van der Waals surface area contributed by atoms with Crippen molar-refractivity contribution in [1.29, 1.82) is 0 Å². The molecule has 0 saturated heterocycles. The fourth-order valence-electron chi connectivity index (χ4n) is 2.73. The van der Waals surface area contributed by atoms with Crippen molar-refractivity contribution in [3.8, 4) is 11.1 Å². The fourth-order valence-corrected chi connectivity index (χ4v) is 2.73. The highest BCUT2D eigenvalue weighted by atomic mass is 16.5. The lowest BCUT2D eigenvalue weighted by Gasteiger charge is -2.13. The van der Waals surface area contributed by atoms with Gasteiger partial charge in [-0.15, -0.1) is 0 Å². The number of hydrogen-bond acceptors (Lipinski definition) is 2. The second kappa shape index (κ2) is 10.5. The lowest BCUT2D eigenvalue weighted by Crippen LogP contribution is -2.12. The third-order valence-corrected chi connectivity index (χ3v) is 4.43. The molecule has 0 spiro atoms. The quantitative estimate of drug-likeness (QED) is 0.407. The Morgan fingerprint density at radius 3 is 2.32 bits per heavy atom. The van der Waals surface area contributed by atoms with E-state index in [1.165, 1.54) is 30.0 Å². The van der Waals surface area contributed by atoms with Crippen LogP contribution in [-0.4, -0.2) is 12.6 Å². The van der Waals surface area contributed by atoms with Gasteiger partial charge in [-0.2, -0.15) is 0 Å². The van der Waals surface area contributed by atoms with Gasteiger partial charge in [-0.25, -0.2) is 4.79 Å². The summed E-state index contributed by atoms with van der Waals surface area (Å²) in [7, 11) is 0. The molecule has 1 unspecified atom stereocenters. The van der Waals surface area contributed by atoms with Crippen LogP contribution < -0.4 is 0 Å². The predicted molar refractivity (Wildman–Crippen MR) is 105 cm³/mol. The minimum Gasteiger partial charge on any atom is -0.462 e. The Kier molecular flexibility index (Phi) is 7.97. The van der Waals surface area contributed by atoms with Crippen molar-refractivity contribution in [2.75, 3.05) is 6.61 Å². The average molecular weight is 336 g/mol. The molecule has 0 aliphatic rings. The molecular weight excluding hydrogens is 308 g/mol. The van der Waals surface area contributed by atoms with Crippen LogP contribution in [0.15, 0.2) is 60.7 Å². The fraction of sp³-hybridized carbons (Fsp3) is 0.348. The minimum atomic E-state index is -0.262. The van der Waals surface area contributed by atoms with E-state index in [0.29, 0.717) is 12.5 Å². The molecule has 1 atom stereocenters. The van der Waals surface area contributed by atoms with Crippen LogP contribution in [-0.2, 0) is 9.53 Å². The van der Waals surface area contributed by atoms with E-state index in [1.54, 1.807) is 0 Å². The molecule has 2 rings (SSSR count). The van der Waals surface area contributed by atoms with Gasteiger partial charge >= 0.3 is 5.97 Å². The van der Waals surface area contributed by atoms with Crippen molar-refractivity contribution < 1.29 is 9.53 Å². The SMILES string of the molecule is CCCCC(CC)COC(=O)C=Cc1ccc(-c2ccccc2)cc1. The first-order valence-corrected chi connectivity index (χ1v) is 9.23. The van der Waals surface area contributed by atoms with Gasteiger partial charge in [-0.3, -0.25) is 0 Å². The highest BCUT2D eigenvalue weighted by Gasteiger charge is 2.08. The molecule has 0 fully saturated rings. The lowest BCUT2D eigenvalue weighted by atomic mass is 10.0. The average Bonchev–Trinajstić information content (AvgIpc) is 2.67. The monoisotopic (exact) mass is 336 g/mol. The van der Waals surface area contributed by atoms with Crippen LogP contribution in [0.3, 0.4) is 0 Å². The van der Waals surface area contributed by atoms with Crippen LogP contribution in [0, 0.1) is 5.92 Å². The molecule has 2 aromatic rings. The van der Waals surface area contributed by atoms with Gasteiger partial charge in [0.05, 0.1) is 6.61 Å². The molecule has 0 aliphatic carbocycles. The smallest absolute Gasteiger partial charge is 0.330 e. The number of hydrogen-bond donors (Lipinski definition) is 0. The maximum absolute atomic E-state index is 11.9. The number of carbonyl (C=O) groups excluding carboxylic acids is 1. The second-order valence-corrected chi connectivity index (χ2v) is 6.37. The predicted octanol–water partition coefficient (Wildman–Crippen LogP) is 6.13. The van der Waals surface area contributed by atoms with Crippen molar-refractivity contribution in [2.24, 2.45) is 5.92 Å². The van der Waals surface area contributed by atoms with Crippen molar-refractivity contribution in [3.63, 3.8) is 0 Å². The Balaban J connectivity index is 1.85. The largest absolute Gasteiger partial charge is 0.462 e. The molecule has 2 heteroatoms. The summed E-state index contributed by atoms with van der Waals surface area (Å²) in [5.74, 6) is 0.213. The molecule has 0 radical (unpaired) electrons. The summed E-state index contributed by atoms with van der Waals surface area (Å²) in [5, 5.41) is 0. The van der Waals surface area contributed by atoms with Crippen LogP contribution in [0.25, 0.3) is 17.2 Å². The van der Waals surface area contributed by atoms with E-state index in [1.807, 2.05) is 36.4 Å². The summed E-state index contributed by atoms with van der Waals surface area (Å²) in [4.78, 5) is 11.9. The normalized spacial score (nSPS) is 12.2. The topological polar surface area (TPSA) is 26.3 Å². The summed E-state index contributed by atoms with van der Waals surface area (Å²) in [5.41, 5.74) is 3.35. The van der Waals surface area contributed by atoms with Crippen LogP contribution >= 0.6 is 0 Å². The highest BCUT2D eigenvalue weighted by molar-refractivity contribution is 5.87. The minimum absolute atomic E-state index is 0.262. The second-order valence-electron chi connectivity index (χ2n) is 6.37. The molecule has 0 heterocycles. The van der Waals surface area contributed by atoms with E-state index in [2.05, 4.69) is 38.1 Å². The summed E-state index contributed by atoms with van der Waals surface area (Å²) in [6.45, 7) is 4.86. The molecular formula is C23H28O2. The van der Waals surface area contributed by atoms with Crippen molar-refractivity contribution in [2.45, 2.75) is 39.5 Å². The Hall–Kier alpha value is -2.35. The van der Waals surface area contributed by atoms with E-state index in [-0.39, 0.29) is 5.97 Å². The first-order chi connectivity index (χ1) is 12.2. The third kappa shape index (κ3) is 6.58. The molecule has 0 N–H and O–H groups in total. The van der Waals surface area contributed by atoms with Crippen molar-refractivity contribution in [3.05, 3.63) is 66.2 Å². The van der Waals surface area contributed by atoms with Gasteiger partial charge < -0.3 is 4.74 Å². The Morgan fingerprint density at radius 1 is 1.00 bits per heavy atom. The van der Waals surface area contributed by atoms with Crippen molar-refractivity contribution >= 4 is 12.0 Å². The molecule has 0 amide bonds. The Labute approximate surface area is 151 Å². The molecule has 0 aliphatic heterocycles. The maximum Gasteiger partial charge on any atom is 0.330 e. The van der Waals surface area contributed by atoms with Crippen LogP contribution in [0.4, 0.5) is 0 Å². The zero-order valence-corrected chi connectivity index (χ0v) is 15.3. The van der Waals surface area contributed by atoms with Crippen LogP contribution in [0.2, 0.25) is 0 Å². The third-order valence-electron chi connectivity index (χ3n) is 4.43. The number of carbonyl (C=O) groups is 1. The molecule has 2 nitrogen and oxygen atoms in total. The first-order valence-electron chi connectivity index (χ1n) is 9.23. The van der Waals surface area contributed by atoms with E-state index in [4.69, 9.17) is 4.74 Å². The summed E-state index contributed by atoms with van der Waals surface area (Å²) < 4.78 is 5.38. The van der Waals surface area contributed by atoms with E-state index in [0.717, 1.165) is 18.4 Å². The summed E-state index contributed by atoms with van der Waals surface area (Å²) in [6, 6.07) is 18.4. The van der Waals surface area contributed by atoms with Gasteiger partial charge in [0.1, 0.15) is 0 Å². The zero-order valence-electron chi connectivity index (χ0n) is 15.3. The molecule has 0 bridgehead atoms. The molecule has 0 aromatic heterocycles. The van der Waals surface area contributed by atoms with E-state index >= 15 is 0 Å². The number of esters is 1. The highest BCUT2D eigenvalue weighted by Crippen LogP contribution is 2.19. The van der Waals surface area contributed by atoms with Crippen LogP contribution in [0.1, 0.15) is 45.1 Å². The van der Waals surface area contributed by atoms with Gasteiger partial charge in [0, 0.05) is 6.08 Å². The first kappa shape index (κ1) is 19.0. The van der Waals surface area contributed by atoms with E-state index in [9.17, 15) is 4.79 Å². The number of unbranched alkanes of at least 4 members (excludes halogenated alkanes) is 1. The van der Waals surface area contributed by atoms with E-state index < -0.39 is 0 Å². The molecule has 2 aromatic carbocycles. The standard InChI is InChI=1S/C23H28O2/c1-3-5-9-19(4-2)18-25-23(24)17-14-20-12-15-22(16-13-20)21-10-7-6-8-11-21/h6-8,10-17,19H,3-5,9,18H2,1-2H3. The van der Waals surface area contributed by atoms with Gasteiger partial charge in [0.2, 0.25) is 0 Å². The zero-order chi connectivity index (χ0) is 17.9. The Bertz CT molecular complexity index is 656. The number of rotatable bonds is 9. The molecule has 25 heavy (non-hydrogen) atoms. The Morgan fingerprint density at radius 2 is 1.68 bits per heavy atom. The van der Waals surface area contributed by atoms with Crippen LogP contribution in [0.5, 0.6) is 0 Å². The number of ether oxygens (including phenoxy) is 1. The van der Waals surface area contributed by atoms with Crippen molar-refractivity contribution in [1.82, 2.24) is 0 Å². The molecule has 132 valence electrons. The number of benzene rings is 2. The van der Waals surface area contributed by atoms with Gasteiger partial charge in [-0.1, -0.05) is 87.7 Å². The van der Waals surface area contributed by atoms with Gasteiger partial charge in [-0.05, 0) is 35.1 Å². The molecule has 0 saturated carbocycles.